The fourth-order valence-electron chi connectivity index (χ4n) is 1.48. The van der Waals surface area contributed by atoms with Gasteiger partial charge in [0, 0.05) is 24.9 Å². The van der Waals surface area contributed by atoms with E-state index in [1.54, 1.807) is 6.07 Å². The number of hydrogen-bond donors (Lipinski definition) is 1. The first-order chi connectivity index (χ1) is 8.79. The van der Waals surface area contributed by atoms with Gasteiger partial charge in [0.15, 0.2) is 0 Å². The van der Waals surface area contributed by atoms with Gasteiger partial charge < -0.3 is 5.32 Å². The monoisotopic (exact) mass is 306 g/mol. The van der Waals surface area contributed by atoms with Gasteiger partial charge in [-0.3, -0.25) is 10.1 Å². The van der Waals surface area contributed by atoms with Crippen LogP contribution in [-0.4, -0.2) is 31.9 Å². The Bertz CT molecular complexity index is 560. The summed E-state index contributed by atoms with van der Waals surface area (Å²) in [7, 11) is -2.93. The van der Waals surface area contributed by atoms with Gasteiger partial charge in [0.25, 0.3) is 5.69 Å². The van der Waals surface area contributed by atoms with Crippen molar-refractivity contribution < 1.29 is 13.3 Å². The maximum absolute atomic E-state index is 10.9. The summed E-state index contributed by atoms with van der Waals surface area (Å²) in [6.45, 7) is 0.987. The second kappa shape index (κ2) is 6.83. The van der Waals surface area contributed by atoms with Gasteiger partial charge in [0.1, 0.15) is 9.84 Å². The third kappa shape index (κ3) is 6.00. The molecular weight excluding hydrogens is 292 g/mol. The van der Waals surface area contributed by atoms with Gasteiger partial charge in [0.05, 0.1) is 15.7 Å². The van der Waals surface area contributed by atoms with Crippen LogP contribution in [0.2, 0.25) is 5.02 Å². The summed E-state index contributed by atoms with van der Waals surface area (Å²) in [5.41, 5.74) is 0.692. The lowest BCUT2D eigenvalue weighted by Crippen LogP contribution is -2.18. The zero-order valence-corrected chi connectivity index (χ0v) is 12.0. The van der Waals surface area contributed by atoms with Crippen LogP contribution in [-0.2, 0) is 16.4 Å². The van der Waals surface area contributed by atoms with Crippen molar-refractivity contribution in [1.29, 1.82) is 0 Å². The highest BCUT2D eigenvalue weighted by Crippen LogP contribution is 2.22. The highest BCUT2D eigenvalue weighted by atomic mass is 35.5. The molecule has 0 heterocycles. The second-order valence-corrected chi connectivity index (χ2v) is 6.86. The smallest absolute Gasteiger partial charge is 0.270 e. The summed E-state index contributed by atoms with van der Waals surface area (Å²) >= 11 is 5.92. The molecule has 0 saturated carbocycles. The zero-order chi connectivity index (χ0) is 14.5. The standard InChI is InChI=1S/C11H15ClN2O4S/c1-19(17,18)6-2-5-13-8-9-3-4-10(14(15)16)7-11(9)12/h3-4,7,13H,2,5-6,8H2,1H3. The van der Waals surface area contributed by atoms with Gasteiger partial charge in [-0.2, -0.15) is 0 Å². The zero-order valence-electron chi connectivity index (χ0n) is 10.4. The molecule has 0 unspecified atom stereocenters. The number of nitro groups is 1. The Morgan fingerprint density at radius 2 is 2.11 bits per heavy atom. The first-order valence-corrected chi connectivity index (χ1v) is 8.05. The highest BCUT2D eigenvalue weighted by molar-refractivity contribution is 7.90. The van der Waals surface area contributed by atoms with Crippen LogP contribution >= 0.6 is 11.6 Å². The van der Waals surface area contributed by atoms with E-state index in [1.165, 1.54) is 18.4 Å². The van der Waals surface area contributed by atoms with Crippen LogP contribution in [0.25, 0.3) is 0 Å². The molecule has 0 aliphatic carbocycles. The molecule has 0 bridgehead atoms. The average Bonchev–Trinajstić information content (AvgIpc) is 2.28. The Labute approximate surface area is 116 Å². The number of hydrogen-bond acceptors (Lipinski definition) is 5. The Hall–Kier alpha value is -1.18. The minimum absolute atomic E-state index is 0.0502. The molecule has 1 aromatic carbocycles. The molecule has 0 fully saturated rings. The number of nitro benzene ring substituents is 1. The molecule has 1 N–H and O–H groups in total. The second-order valence-electron chi connectivity index (χ2n) is 4.19. The number of sulfone groups is 1. The van der Waals surface area contributed by atoms with Gasteiger partial charge in [-0.25, -0.2) is 8.42 Å². The lowest BCUT2D eigenvalue weighted by molar-refractivity contribution is -0.384. The number of benzene rings is 1. The maximum Gasteiger partial charge on any atom is 0.270 e. The first-order valence-electron chi connectivity index (χ1n) is 5.61. The van der Waals surface area contributed by atoms with Crippen molar-refractivity contribution in [3.8, 4) is 0 Å². The van der Waals surface area contributed by atoms with E-state index >= 15 is 0 Å². The van der Waals surface area contributed by atoms with Crippen LogP contribution in [0, 0.1) is 10.1 Å². The summed E-state index contributed by atoms with van der Waals surface area (Å²) in [5.74, 6) is 0.133. The number of non-ortho nitro benzene ring substituents is 1. The topological polar surface area (TPSA) is 89.3 Å². The Morgan fingerprint density at radius 1 is 1.42 bits per heavy atom. The number of nitrogens with one attached hydrogen (secondary N) is 1. The summed E-state index contributed by atoms with van der Waals surface area (Å²) in [5, 5.41) is 13.9. The van der Waals surface area contributed by atoms with Crippen LogP contribution in [0.1, 0.15) is 12.0 Å². The minimum Gasteiger partial charge on any atom is -0.313 e. The van der Waals surface area contributed by atoms with E-state index in [0.29, 0.717) is 24.5 Å². The Balaban J connectivity index is 2.44. The van der Waals surface area contributed by atoms with Crippen LogP contribution in [0.4, 0.5) is 5.69 Å². The molecule has 0 aromatic heterocycles. The number of halogens is 1. The molecule has 0 spiro atoms. The molecule has 106 valence electrons. The summed E-state index contributed by atoms with van der Waals surface area (Å²) in [6, 6.07) is 4.28. The first kappa shape index (κ1) is 15.9. The Morgan fingerprint density at radius 3 is 2.63 bits per heavy atom. The normalized spacial score (nSPS) is 11.5. The molecule has 0 saturated heterocycles. The molecule has 0 aliphatic heterocycles. The third-order valence-electron chi connectivity index (χ3n) is 2.43. The van der Waals surface area contributed by atoms with E-state index in [4.69, 9.17) is 11.6 Å². The number of nitrogens with zero attached hydrogens (tertiary/aromatic N) is 1. The van der Waals surface area contributed by atoms with Crippen LogP contribution in [0.3, 0.4) is 0 Å². The molecule has 1 rings (SSSR count). The predicted molar refractivity (Wildman–Crippen MR) is 74.1 cm³/mol. The summed E-state index contributed by atoms with van der Waals surface area (Å²) < 4.78 is 21.8. The van der Waals surface area contributed by atoms with Crippen molar-refractivity contribution in [2.45, 2.75) is 13.0 Å². The van der Waals surface area contributed by atoms with Crippen LogP contribution in [0.5, 0.6) is 0 Å². The molecule has 0 aliphatic rings. The average molecular weight is 307 g/mol. The minimum atomic E-state index is -2.93. The molecule has 0 atom stereocenters. The highest BCUT2D eigenvalue weighted by Gasteiger charge is 2.09. The maximum atomic E-state index is 10.9. The fraction of sp³-hybridized carbons (Fsp3) is 0.455. The summed E-state index contributed by atoms with van der Waals surface area (Å²) in [6.07, 6.45) is 1.71. The van der Waals surface area contributed by atoms with Gasteiger partial charge in [-0.1, -0.05) is 11.6 Å². The van der Waals surface area contributed by atoms with E-state index in [0.717, 1.165) is 5.56 Å². The van der Waals surface area contributed by atoms with E-state index in [2.05, 4.69) is 5.32 Å². The van der Waals surface area contributed by atoms with Crippen molar-refractivity contribution >= 4 is 27.1 Å². The molecule has 0 radical (unpaired) electrons. The van der Waals surface area contributed by atoms with Crippen molar-refractivity contribution in [3.05, 3.63) is 38.9 Å². The van der Waals surface area contributed by atoms with Crippen LogP contribution in [0.15, 0.2) is 18.2 Å². The van der Waals surface area contributed by atoms with Crippen molar-refractivity contribution in [1.82, 2.24) is 5.32 Å². The lowest BCUT2D eigenvalue weighted by atomic mass is 10.2. The third-order valence-corrected chi connectivity index (χ3v) is 3.81. The van der Waals surface area contributed by atoms with E-state index in [9.17, 15) is 18.5 Å². The van der Waals surface area contributed by atoms with Crippen molar-refractivity contribution in [3.63, 3.8) is 0 Å². The fourth-order valence-corrected chi connectivity index (χ4v) is 2.39. The Kier molecular flexibility index (Phi) is 5.71. The molecule has 1 aromatic rings. The predicted octanol–water partition coefficient (Wildman–Crippen LogP) is 1.77. The molecular formula is C11H15ClN2O4S. The lowest BCUT2D eigenvalue weighted by Gasteiger charge is -2.06. The van der Waals surface area contributed by atoms with Crippen molar-refractivity contribution in [2.24, 2.45) is 0 Å². The summed E-state index contributed by atoms with van der Waals surface area (Å²) in [4.78, 5) is 10.0. The number of rotatable bonds is 7. The van der Waals surface area contributed by atoms with E-state index in [1.807, 2.05) is 0 Å². The van der Waals surface area contributed by atoms with E-state index < -0.39 is 14.8 Å². The molecule has 19 heavy (non-hydrogen) atoms. The molecule has 8 heteroatoms. The van der Waals surface area contributed by atoms with Gasteiger partial charge >= 0.3 is 0 Å². The molecule has 0 amide bonds. The quantitative estimate of drug-likeness (QED) is 0.471. The van der Waals surface area contributed by atoms with Crippen LogP contribution < -0.4 is 5.32 Å². The SMILES string of the molecule is CS(=O)(=O)CCCNCc1ccc([N+](=O)[O-])cc1Cl. The largest absolute Gasteiger partial charge is 0.313 e. The van der Waals surface area contributed by atoms with Gasteiger partial charge in [0.2, 0.25) is 0 Å². The van der Waals surface area contributed by atoms with Gasteiger partial charge in [-0.05, 0) is 24.6 Å². The van der Waals surface area contributed by atoms with E-state index in [-0.39, 0.29) is 11.4 Å². The van der Waals surface area contributed by atoms with Gasteiger partial charge in [-0.15, -0.1) is 0 Å². The molecule has 6 nitrogen and oxygen atoms in total. The van der Waals surface area contributed by atoms with Crippen molar-refractivity contribution in [2.75, 3.05) is 18.6 Å².